The summed E-state index contributed by atoms with van der Waals surface area (Å²) >= 11 is 0. The molecule has 1 aromatic carbocycles. The van der Waals surface area contributed by atoms with E-state index < -0.39 is 5.97 Å². The van der Waals surface area contributed by atoms with Crippen LogP contribution in [0.25, 0.3) is 0 Å². The maximum Gasteiger partial charge on any atom is 0.306 e. The lowest BCUT2D eigenvalue weighted by Gasteiger charge is -2.12. The molecule has 0 aliphatic heterocycles. The average molecular weight is 264 g/mol. The second-order valence-electron chi connectivity index (χ2n) is 5.05. The van der Waals surface area contributed by atoms with Crippen LogP contribution in [0.15, 0.2) is 24.3 Å². The summed E-state index contributed by atoms with van der Waals surface area (Å²) in [6.45, 7) is 0.811. The molecule has 1 aliphatic rings. The third-order valence-corrected chi connectivity index (χ3v) is 3.67. The van der Waals surface area contributed by atoms with Crippen LogP contribution >= 0.6 is 0 Å². The number of hydrogen-bond acceptors (Lipinski definition) is 3. The zero-order chi connectivity index (χ0) is 13.7. The standard InChI is InChI=1S/C15H20O4/c1-18-10-19-9-11-3-2-4-12(7-11)13-5-6-14(8-13)15(16)17/h2-4,7,13-14H,5-6,8-10H2,1H3,(H,16,17)/t13-,14-/m1/s1. The van der Waals surface area contributed by atoms with Gasteiger partial charge in [0.05, 0.1) is 12.5 Å². The summed E-state index contributed by atoms with van der Waals surface area (Å²) in [4.78, 5) is 11.0. The first-order chi connectivity index (χ1) is 9.20. The lowest BCUT2D eigenvalue weighted by molar-refractivity contribution is -0.141. The highest BCUT2D eigenvalue weighted by Gasteiger charge is 2.30. The van der Waals surface area contributed by atoms with Gasteiger partial charge in [-0.25, -0.2) is 0 Å². The van der Waals surface area contributed by atoms with Gasteiger partial charge >= 0.3 is 5.97 Å². The summed E-state index contributed by atoms with van der Waals surface area (Å²) < 4.78 is 10.2. The fourth-order valence-corrected chi connectivity index (χ4v) is 2.69. The summed E-state index contributed by atoms with van der Waals surface area (Å²) in [6.07, 6.45) is 2.49. The number of carboxylic acids is 1. The molecule has 4 nitrogen and oxygen atoms in total. The SMILES string of the molecule is COCOCc1cccc([C@@H]2CC[C@@H](C(=O)O)C2)c1. The molecule has 0 spiro atoms. The maximum atomic E-state index is 11.0. The van der Waals surface area contributed by atoms with Crippen molar-refractivity contribution in [2.75, 3.05) is 13.9 Å². The Morgan fingerprint density at radius 2 is 2.26 bits per heavy atom. The Bertz CT molecular complexity index is 430. The summed E-state index contributed by atoms with van der Waals surface area (Å²) in [6, 6.07) is 8.22. The number of hydrogen-bond donors (Lipinski definition) is 1. The van der Waals surface area contributed by atoms with Crippen LogP contribution in [0.5, 0.6) is 0 Å². The van der Waals surface area contributed by atoms with Crippen LogP contribution in [0, 0.1) is 5.92 Å². The molecule has 1 fully saturated rings. The van der Waals surface area contributed by atoms with Gasteiger partial charge in [-0.1, -0.05) is 24.3 Å². The number of ether oxygens (including phenoxy) is 2. The number of methoxy groups -OCH3 is 1. The summed E-state index contributed by atoms with van der Waals surface area (Å²) in [5, 5.41) is 9.04. The van der Waals surface area contributed by atoms with Crippen molar-refractivity contribution in [3.8, 4) is 0 Å². The minimum Gasteiger partial charge on any atom is -0.481 e. The number of carbonyl (C=O) groups is 1. The second-order valence-corrected chi connectivity index (χ2v) is 5.05. The molecule has 0 heterocycles. The van der Waals surface area contributed by atoms with Gasteiger partial charge in [0.25, 0.3) is 0 Å². The third-order valence-electron chi connectivity index (χ3n) is 3.67. The Morgan fingerprint density at radius 3 is 2.95 bits per heavy atom. The zero-order valence-electron chi connectivity index (χ0n) is 11.2. The quantitative estimate of drug-likeness (QED) is 0.634. The Morgan fingerprint density at radius 1 is 1.42 bits per heavy atom. The van der Waals surface area contributed by atoms with E-state index in [-0.39, 0.29) is 12.7 Å². The van der Waals surface area contributed by atoms with E-state index in [4.69, 9.17) is 14.6 Å². The van der Waals surface area contributed by atoms with Crippen molar-refractivity contribution in [2.24, 2.45) is 5.92 Å². The molecule has 0 bridgehead atoms. The van der Waals surface area contributed by atoms with E-state index in [2.05, 4.69) is 12.1 Å². The highest BCUT2D eigenvalue weighted by atomic mass is 16.7. The van der Waals surface area contributed by atoms with Crippen LogP contribution < -0.4 is 0 Å². The Balaban J connectivity index is 1.97. The molecule has 1 aromatic rings. The molecule has 2 atom stereocenters. The van der Waals surface area contributed by atoms with Crippen molar-refractivity contribution in [1.29, 1.82) is 0 Å². The molecule has 4 heteroatoms. The Kier molecular flexibility index (Phi) is 4.93. The fraction of sp³-hybridized carbons (Fsp3) is 0.533. The van der Waals surface area contributed by atoms with Gasteiger partial charge < -0.3 is 14.6 Å². The predicted octanol–water partition coefficient (Wildman–Crippen LogP) is 2.78. The van der Waals surface area contributed by atoms with E-state index in [0.717, 1.165) is 24.8 Å². The number of carboxylic acid groups (broad SMARTS) is 1. The third kappa shape index (κ3) is 3.78. The van der Waals surface area contributed by atoms with Crippen molar-refractivity contribution < 1.29 is 19.4 Å². The largest absolute Gasteiger partial charge is 0.481 e. The number of rotatable bonds is 6. The Labute approximate surface area is 113 Å². The first-order valence-electron chi connectivity index (χ1n) is 6.59. The van der Waals surface area contributed by atoms with Gasteiger partial charge in [0.1, 0.15) is 6.79 Å². The van der Waals surface area contributed by atoms with Crippen LogP contribution in [0.1, 0.15) is 36.3 Å². The molecule has 104 valence electrons. The first kappa shape index (κ1) is 14.0. The van der Waals surface area contributed by atoms with Gasteiger partial charge in [-0.3, -0.25) is 4.79 Å². The second kappa shape index (κ2) is 6.68. The number of benzene rings is 1. The van der Waals surface area contributed by atoms with E-state index in [9.17, 15) is 4.79 Å². The molecule has 1 saturated carbocycles. The predicted molar refractivity (Wildman–Crippen MR) is 70.8 cm³/mol. The highest BCUT2D eigenvalue weighted by Crippen LogP contribution is 2.38. The minimum absolute atomic E-state index is 0.182. The molecule has 0 saturated heterocycles. The first-order valence-corrected chi connectivity index (χ1v) is 6.59. The summed E-state index contributed by atoms with van der Waals surface area (Å²) in [7, 11) is 1.60. The van der Waals surface area contributed by atoms with Crippen molar-refractivity contribution in [3.05, 3.63) is 35.4 Å². The van der Waals surface area contributed by atoms with Crippen molar-refractivity contribution in [1.82, 2.24) is 0 Å². The summed E-state index contributed by atoms with van der Waals surface area (Å²) in [5.74, 6) is -0.482. The van der Waals surface area contributed by atoms with Gasteiger partial charge in [0.15, 0.2) is 0 Å². The van der Waals surface area contributed by atoms with Gasteiger partial charge in [-0.05, 0) is 36.3 Å². The van der Waals surface area contributed by atoms with Crippen LogP contribution in [0.2, 0.25) is 0 Å². The van der Waals surface area contributed by atoms with E-state index in [1.165, 1.54) is 5.56 Å². The normalized spacial score (nSPS) is 22.6. The topological polar surface area (TPSA) is 55.8 Å². The van der Waals surface area contributed by atoms with Gasteiger partial charge in [0, 0.05) is 7.11 Å². The Hall–Kier alpha value is -1.39. The lowest BCUT2D eigenvalue weighted by Crippen LogP contribution is -2.09. The number of aliphatic carboxylic acids is 1. The van der Waals surface area contributed by atoms with Crippen LogP contribution in [-0.2, 0) is 20.9 Å². The molecule has 0 radical (unpaired) electrons. The molecule has 1 aliphatic carbocycles. The molecule has 19 heavy (non-hydrogen) atoms. The van der Waals surface area contributed by atoms with E-state index in [0.29, 0.717) is 12.5 Å². The highest BCUT2D eigenvalue weighted by molar-refractivity contribution is 5.70. The van der Waals surface area contributed by atoms with E-state index in [1.807, 2.05) is 12.1 Å². The van der Waals surface area contributed by atoms with Crippen molar-refractivity contribution in [3.63, 3.8) is 0 Å². The van der Waals surface area contributed by atoms with E-state index in [1.54, 1.807) is 7.11 Å². The smallest absolute Gasteiger partial charge is 0.306 e. The molecular weight excluding hydrogens is 244 g/mol. The molecule has 0 amide bonds. The molecule has 1 N–H and O–H groups in total. The molecule has 2 rings (SSSR count). The summed E-state index contributed by atoms with van der Waals surface area (Å²) in [5.41, 5.74) is 2.33. The lowest BCUT2D eigenvalue weighted by atomic mass is 9.95. The molecule has 0 unspecified atom stereocenters. The van der Waals surface area contributed by atoms with Crippen LogP contribution in [0.4, 0.5) is 0 Å². The molecule has 0 aromatic heterocycles. The van der Waals surface area contributed by atoms with Crippen LogP contribution in [-0.4, -0.2) is 25.0 Å². The van der Waals surface area contributed by atoms with Crippen molar-refractivity contribution >= 4 is 5.97 Å². The fourth-order valence-electron chi connectivity index (χ4n) is 2.69. The van der Waals surface area contributed by atoms with Crippen LogP contribution in [0.3, 0.4) is 0 Å². The van der Waals surface area contributed by atoms with Gasteiger partial charge in [-0.15, -0.1) is 0 Å². The monoisotopic (exact) mass is 264 g/mol. The minimum atomic E-state index is -0.665. The average Bonchev–Trinajstić information content (AvgIpc) is 2.89. The maximum absolute atomic E-state index is 11.0. The van der Waals surface area contributed by atoms with Crippen molar-refractivity contribution in [2.45, 2.75) is 31.8 Å². The van der Waals surface area contributed by atoms with Gasteiger partial charge in [0.2, 0.25) is 0 Å². The molecular formula is C15H20O4. The zero-order valence-corrected chi connectivity index (χ0v) is 11.2. The van der Waals surface area contributed by atoms with Gasteiger partial charge in [-0.2, -0.15) is 0 Å². The van der Waals surface area contributed by atoms with E-state index >= 15 is 0 Å².